The van der Waals surface area contributed by atoms with Crippen molar-refractivity contribution in [2.24, 2.45) is 5.10 Å². The number of hydrogen-bond acceptors (Lipinski definition) is 2. The third kappa shape index (κ3) is 4.14. The first-order chi connectivity index (χ1) is 14.2. The number of nitrogens with zero attached hydrogens (tertiary/aromatic N) is 1. The van der Waals surface area contributed by atoms with Gasteiger partial charge in [-0.25, -0.2) is 0 Å². The zero-order chi connectivity index (χ0) is 22.0. The van der Waals surface area contributed by atoms with E-state index in [1.54, 1.807) is 0 Å². The minimum atomic E-state index is 0.349. The molecule has 0 aromatic heterocycles. The molecule has 2 aromatic carbocycles. The molecule has 1 aliphatic carbocycles. The highest BCUT2D eigenvalue weighted by atomic mass is 15.3. The molecule has 3 rings (SSSR count). The van der Waals surface area contributed by atoms with Crippen LogP contribution in [-0.4, -0.2) is 6.21 Å². The second-order valence-corrected chi connectivity index (χ2v) is 9.17. The van der Waals surface area contributed by atoms with Crippen molar-refractivity contribution in [2.75, 3.05) is 5.43 Å². The molecule has 0 heterocycles. The lowest BCUT2D eigenvalue weighted by Crippen LogP contribution is -2.06. The van der Waals surface area contributed by atoms with E-state index in [1.807, 2.05) is 6.21 Å². The van der Waals surface area contributed by atoms with Crippen LogP contribution in [-0.2, 0) is 0 Å². The Kier molecular flexibility index (Phi) is 6.65. The van der Waals surface area contributed by atoms with Crippen molar-refractivity contribution in [2.45, 2.75) is 73.1 Å². The minimum absolute atomic E-state index is 0.349. The number of anilines is 1. The van der Waals surface area contributed by atoms with Gasteiger partial charge in [-0.3, -0.25) is 5.43 Å². The van der Waals surface area contributed by atoms with E-state index in [0.717, 1.165) is 5.69 Å². The van der Waals surface area contributed by atoms with Gasteiger partial charge in [-0.05, 0) is 72.9 Å². The van der Waals surface area contributed by atoms with Crippen LogP contribution < -0.4 is 5.43 Å². The zero-order valence-corrected chi connectivity index (χ0v) is 19.8. The highest BCUT2D eigenvalue weighted by molar-refractivity contribution is 5.84. The lowest BCUT2D eigenvalue weighted by molar-refractivity contribution is 0.835. The van der Waals surface area contributed by atoms with Crippen molar-refractivity contribution >= 4 is 11.9 Å². The van der Waals surface area contributed by atoms with Crippen LogP contribution in [0, 0.1) is 0 Å². The summed E-state index contributed by atoms with van der Waals surface area (Å²) in [7, 11) is 0. The van der Waals surface area contributed by atoms with Crippen molar-refractivity contribution < 1.29 is 0 Å². The van der Waals surface area contributed by atoms with E-state index in [2.05, 4.69) is 103 Å². The van der Waals surface area contributed by atoms with Gasteiger partial charge in [0.05, 0.1) is 11.9 Å². The lowest BCUT2D eigenvalue weighted by atomic mass is 9.86. The summed E-state index contributed by atoms with van der Waals surface area (Å²) in [4.78, 5) is 0. The van der Waals surface area contributed by atoms with Gasteiger partial charge in [-0.1, -0.05) is 81.3 Å². The summed E-state index contributed by atoms with van der Waals surface area (Å²) < 4.78 is 0. The normalized spacial score (nSPS) is 15.4. The molecular formula is C28H36N2. The van der Waals surface area contributed by atoms with Crippen LogP contribution in [0.5, 0.6) is 0 Å². The average Bonchev–Trinajstić information content (AvgIpc) is 2.91. The third-order valence-corrected chi connectivity index (χ3v) is 6.67. The summed E-state index contributed by atoms with van der Waals surface area (Å²) in [6, 6.07) is 15.2. The second kappa shape index (κ2) is 9.04. The highest BCUT2D eigenvalue weighted by Gasteiger charge is 2.27. The van der Waals surface area contributed by atoms with Crippen LogP contribution in [0.4, 0.5) is 5.69 Å². The van der Waals surface area contributed by atoms with Crippen molar-refractivity contribution in [3.63, 3.8) is 0 Å². The Balaban J connectivity index is 1.96. The van der Waals surface area contributed by atoms with Crippen molar-refractivity contribution in [3.8, 4) is 0 Å². The smallest absolute Gasteiger partial charge is 0.0630 e. The van der Waals surface area contributed by atoms with Gasteiger partial charge in [0.2, 0.25) is 0 Å². The quantitative estimate of drug-likeness (QED) is 0.384. The number of allylic oxidation sites excluding steroid dienone is 4. The van der Waals surface area contributed by atoms with Gasteiger partial charge < -0.3 is 0 Å². The third-order valence-electron chi connectivity index (χ3n) is 6.67. The van der Waals surface area contributed by atoms with Crippen molar-refractivity contribution in [1.82, 2.24) is 0 Å². The molecule has 0 aliphatic heterocycles. The fraction of sp³-hybridized carbons (Fsp3) is 0.393. The summed E-state index contributed by atoms with van der Waals surface area (Å²) in [5.41, 5.74) is 15.4. The molecule has 0 spiro atoms. The Morgan fingerprint density at radius 2 is 1.30 bits per heavy atom. The largest absolute Gasteiger partial charge is 0.278 e. The average molecular weight is 401 g/mol. The van der Waals surface area contributed by atoms with Gasteiger partial charge in [0, 0.05) is 5.92 Å². The lowest BCUT2D eigenvalue weighted by Gasteiger charge is -2.19. The topological polar surface area (TPSA) is 24.4 Å². The van der Waals surface area contributed by atoms with Gasteiger partial charge in [0.1, 0.15) is 0 Å². The zero-order valence-electron chi connectivity index (χ0n) is 19.8. The number of benzene rings is 2. The molecule has 0 unspecified atom stereocenters. The molecule has 0 radical (unpaired) electrons. The van der Waals surface area contributed by atoms with Crippen LogP contribution >= 0.6 is 0 Å². The van der Waals surface area contributed by atoms with E-state index >= 15 is 0 Å². The summed E-state index contributed by atoms with van der Waals surface area (Å²) in [5.74, 6) is 1.24. The minimum Gasteiger partial charge on any atom is -0.278 e. The molecule has 0 bridgehead atoms. The number of hydrogen-bond donors (Lipinski definition) is 1. The Hall–Kier alpha value is -2.61. The van der Waals surface area contributed by atoms with Crippen molar-refractivity contribution in [3.05, 3.63) is 87.0 Å². The van der Waals surface area contributed by atoms with E-state index in [1.165, 1.54) is 44.5 Å². The van der Waals surface area contributed by atoms with E-state index in [9.17, 15) is 0 Å². The first kappa shape index (κ1) is 22.1. The number of nitrogens with one attached hydrogen (secondary N) is 1. The van der Waals surface area contributed by atoms with Crippen LogP contribution in [0.2, 0.25) is 0 Å². The second-order valence-electron chi connectivity index (χ2n) is 9.17. The van der Waals surface area contributed by atoms with Crippen molar-refractivity contribution in [1.29, 1.82) is 0 Å². The predicted molar refractivity (Wildman–Crippen MR) is 132 cm³/mol. The van der Waals surface area contributed by atoms with Gasteiger partial charge >= 0.3 is 0 Å². The maximum atomic E-state index is 4.71. The van der Waals surface area contributed by atoms with E-state index < -0.39 is 0 Å². The Morgan fingerprint density at radius 3 is 1.83 bits per heavy atom. The highest BCUT2D eigenvalue weighted by Crippen LogP contribution is 2.43. The maximum Gasteiger partial charge on any atom is 0.0630 e. The van der Waals surface area contributed by atoms with Crippen LogP contribution in [0.15, 0.2) is 69.9 Å². The monoisotopic (exact) mass is 400 g/mol. The molecule has 30 heavy (non-hydrogen) atoms. The molecular weight excluding hydrogens is 364 g/mol. The fourth-order valence-corrected chi connectivity index (χ4v) is 4.55. The molecule has 158 valence electrons. The van der Waals surface area contributed by atoms with E-state index in [-0.39, 0.29) is 0 Å². The molecule has 0 fully saturated rings. The standard InChI is InChI=1S/C28H36N2/c1-17(2)24-14-11-15-25(18(3)4)28(24)30-29-16-23-12-9-10-13-26(23)27-21(7)19(5)20(6)22(27)8/h9-18,27,30H,1-8H3. The first-order valence-corrected chi connectivity index (χ1v) is 11.1. The van der Waals surface area contributed by atoms with Crippen LogP contribution in [0.3, 0.4) is 0 Å². The predicted octanol–water partition coefficient (Wildman–Crippen LogP) is 8.15. The SMILES string of the molecule is CC1=C(C)C(c2ccccc2C=NNc2c(C(C)C)cccc2C(C)C)C(C)=C1C. The number of hydrazone groups is 1. The Morgan fingerprint density at radius 1 is 0.767 bits per heavy atom. The molecule has 2 heteroatoms. The van der Waals surface area contributed by atoms with E-state index in [0.29, 0.717) is 17.8 Å². The number of rotatable bonds is 6. The molecule has 1 aliphatic rings. The summed E-state index contributed by atoms with van der Waals surface area (Å²) in [6.45, 7) is 17.9. The molecule has 1 N–H and O–H groups in total. The molecule has 0 saturated heterocycles. The molecule has 0 saturated carbocycles. The molecule has 0 amide bonds. The van der Waals surface area contributed by atoms with Gasteiger partial charge in [-0.15, -0.1) is 0 Å². The van der Waals surface area contributed by atoms with Gasteiger partial charge in [0.15, 0.2) is 0 Å². The maximum absolute atomic E-state index is 4.71. The van der Waals surface area contributed by atoms with E-state index in [4.69, 9.17) is 5.10 Å². The summed E-state index contributed by atoms with van der Waals surface area (Å²) in [5, 5.41) is 4.71. The first-order valence-electron chi connectivity index (χ1n) is 11.1. The fourth-order valence-electron chi connectivity index (χ4n) is 4.55. The number of para-hydroxylation sites is 1. The van der Waals surface area contributed by atoms with Gasteiger partial charge in [-0.2, -0.15) is 5.10 Å². The molecule has 2 nitrogen and oxygen atoms in total. The van der Waals surface area contributed by atoms with Gasteiger partial charge in [0.25, 0.3) is 0 Å². The van der Waals surface area contributed by atoms with Crippen LogP contribution in [0.25, 0.3) is 0 Å². The Labute approximate surface area is 182 Å². The summed E-state index contributed by atoms with van der Waals surface area (Å²) >= 11 is 0. The molecule has 0 atom stereocenters. The molecule has 2 aromatic rings. The summed E-state index contributed by atoms with van der Waals surface area (Å²) in [6.07, 6.45) is 1.99. The Bertz CT molecular complexity index is 968. The van der Waals surface area contributed by atoms with Crippen LogP contribution in [0.1, 0.15) is 95.4 Å².